The first-order chi connectivity index (χ1) is 8.56. The Bertz CT molecular complexity index is 437. The van der Waals surface area contributed by atoms with E-state index in [1.54, 1.807) is 6.07 Å². The summed E-state index contributed by atoms with van der Waals surface area (Å²) >= 11 is 0. The molecule has 1 aliphatic carbocycles. The molecule has 0 aliphatic heterocycles. The molecular formula is C14H20N2O2. The van der Waals surface area contributed by atoms with Gasteiger partial charge in [0.05, 0.1) is 11.4 Å². The largest absolute Gasteiger partial charge is 0.508 e. The molecule has 0 heterocycles. The van der Waals surface area contributed by atoms with Gasteiger partial charge in [-0.2, -0.15) is 0 Å². The number of carbonyl (C=O) groups excluding carboxylic acids is 1. The minimum Gasteiger partial charge on any atom is -0.508 e. The lowest BCUT2D eigenvalue weighted by Gasteiger charge is -2.25. The standard InChI is InChI=1S/C14H20N2O2/c1-9-2-4-10(5-3-9)14(18)16-13-7-6-11(17)8-12(13)15/h6-10,17H,2-5,15H2,1H3,(H,16,18). The number of hydrogen-bond donors (Lipinski definition) is 3. The van der Waals surface area contributed by atoms with Gasteiger partial charge < -0.3 is 16.2 Å². The molecule has 98 valence electrons. The third kappa shape index (κ3) is 2.94. The van der Waals surface area contributed by atoms with Crippen LogP contribution in [0.1, 0.15) is 32.6 Å². The Balaban J connectivity index is 1.98. The minimum atomic E-state index is 0.0410. The smallest absolute Gasteiger partial charge is 0.227 e. The van der Waals surface area contributed by atoms with Crippen LogP contribution in [0.5, 0.6) is 5.75 Å². The van der Waals surface area contributed by atoms with Crippen LogP contribution in [0.2, 0.25) is 0 Å². The van der Waals surface area contributed by atoms with E-state index in [0.29, 0.717) is 11.4 Å². The van der Waals surface area contributed by atoms with Crippen molar-refractivity contribution in [3.05, 3.63) is 18.2 Å². The van der Waals surface area contributed by atoms with Gasteiger partial charge in [-0.1, -0.05) is 6.92 Å². The van der Waals surface area contributed by atoms with Crippen LogP contribution in [-0.4, -0.2) is 11.0 Å². The van der Waals surface area contributed by atoms with Gasteiger partial charge >= 0.3 is 0 Å². The lowest BCUT2D eigenvalue weighted by atomic mass is 9.82. The van der Waals surface area contributed by atoms with Crippen molar-refractivity contribution < 1.29 is 9.90 Å². The molecular weight excluding hydrogens is 228 g/mol. The Morgan fingerprint density at radius 2 is 2.00 bits per heavy atom. The van der Waals surface area contributed by atoms with Crippen LogP contribution in [0.15, 0.2) is 18.2 Å². The molecule has 4 heteroatoms. The second-order valence-electron chi connectivity index (χ2n) is 5.22. The van der Waals surface area contributed by atoms with Gasteiger partial charge in [-0.25, -0.2) is 0 Å². The molecule has 0 aromatic heterocycles. The number of anilines is 2. The molecule has 1 aromatic rings. The fourth-order valence-electron chi connectivity index (χ4n) is 2.42. The zero-order valence-electron chi connectivity index (χ0n) is 10.6. The Hall–Kier alpha value is -1.71. The van der Waals surface area contributed by atoms with Crippen LogP contribution >= 0.6 is 0 Å². The third-order valence-corrected chi connectivity index (χ3v) is 3.68. The second-order valence-corrected chi connectivity index (χ2v) is 5.22. The molecule has 4 N–H and O–H groups in total. The van der Waals surface area contributed by atoms with Crippen molar-refractivity contribution in [2.45, 2.75) is 32.6 Å². The van der Waals surface area contributed by atoms with E-state index in [4.69, 9.17) is 5.73 Å². The molecule has 0 spiro atoms. The summed E-state index contributed by atoms with van der Waals surface area (Å²) in [6.45, 7) is 2.23. The van der Waals surface area contributed by atoms with E-state index in [1.807, 2.05) is 0 Å². The van der Waals surface area contributed by atoms with Crippen molar-refractivity contribution in [2.75, 3.05) is 11.1 Å². The van der Waals surface area contributed by atoms with Crippen molar-refractivity contribution >= 4 is 17.3 Å². The number of aromatic hydroxyl groups is 1. The average Bonchev–Trinajstić information content (AvgIpc) is 2.33. The summed E-state index contributed by atoms with van der Waals surface area (Å²) in [5, 5.41) is 12.1. The van der Waals surface area contributed by atoms with Crippen LogP contribution in [0.4, 0.5) is 11.4 Å². The van der Waals surface area contributed by atoms with Crippen molar-refractivity contribution in [3.8, 4) is 5.75 Å². The highest BCUT2D eigenvalue weighted by atomic mass is 16.3. The summed E-state index contributed by atoms with van der Waals surface area (Å²) in [7, 11) is 0. The van der Waals surface area contributed by atoms with Crippen LogP contribution in [0.3, 0.4) is 0 Å². The summed E-state index contributed by atoms with van der Waals surface area (Å²) in [6.07, 6.45) is 4.13. The van der Waals surface area contributed by atoms with E-state index in [1.165, 1.54) is 12.1 Å². The number of nitrogens with two attached hydrogens (primary N) is 1. The van der Waals surface area contributed by atoms with Crippen molar-refractivity contribution in [3.63, 3.8) is 0 Å². The number of nitrogens with one attached hydrogen (secondary N) is 1. The molecule has 18 heavy (non-hydrogen) atoms. The fraction of sp³-hybridized carbons (Fsp3) is 0.500. The highest BCUT2D eigenvalue weighted by molar-refractivity contribution is 5.95. The number of rotatable bonds is 2. The third-order valence-electron chi connectivity index (χ3n) is 3.68. The Kier molecular flexibility index (Phi) is 3.75. The molecule has 1 saturated carbocycles. The van der Waals surface area contributed by atoms with Gasteiger partial charge in [-0.15, -0.1) is 0 Å². The summed E-state index contributed by atoms with van der Waals surface area (Å²) in [5.41, 5.74) is 6.72. The Labute approximate surface area is 107 Å². The van der Waals surface area contributed by atoms with Crippen LogP contribution < -0.4 is 11.1 Å². The van der Waals surface area contributed by atoms with E-state index in [-0.39, 0.29) is 17.6 Å². The van der Waals surface area contributed by atoms with Gasteiger partial charge in [-0.05, 0) is 43.7 Å². The molecule has 0 atom stereocenters. The van der Waals surface area contributed by atoms with Crippen molar-refractivity contribution in [1.29, 1.82) is 0 Å². The highest BCUT2D eigenvalue weighted by Crippen LogP contribution is 2.30. The zero-order chi connectivity index (χ0) is 13.1. The van der Waals surface area contributed by atoms with Gasteiger partial charge in [0, 0.05) is 12.0 Å². The molecule has 1 fully saturated rings. The number of amides is 1. The SMILES string of the molecule is CC1CCC(C(=O)Nc2ccc(O)cc2N)CC1. The van der Waals surface area contributed by atoms with E-state index < -0.39 is 0 Å². The maximum Gasteiger partial charge on any atom is 0.227 e. The molecule has 0 bridgehead atoms. The first-order valence-electron chi connectivity index (χ1n) is 6.45. The van der Waals surface area contributed by atoms with E-state index in [0.717, 1.165) is 31.6 Å². The van der Waals surface area contributed by atoms with Crippen LogP contribution in [0, 0.1) is 11.8 Å². The fourth-order valence-corrected chi connectivity index (χ4v) is 2.42. The number of carbonyl (C=O) groups is 1. The molecule has 1 aliphatic rings. The Morgan fingerprint density at radius 1 is 1.33 bits per heavy atom. The van der Waals surface area contributed by atoms with Crippen molar-refractivity contribution in [2.24, 2.45) is 11.8 Å². The summed E-state index contributed by atoms with van der Waals surface area (Å²) in [4.78, 5) is 12.1. The van der Waals surface area contributed by atoms with Gasteiger partial charge in [0.25, 0.3) is 0 Å². The predicted octanol–water partition coefficient (Wildman–Crippen LogP) is 2.74. The molecule has 0 unspecified atom stereocenters. The molecule has 0 radical (unpaired) electrons. The Morgan fingerprint density at radius 3 is 2.61 bits per heavy atom. The van der Waals surface area contributed by atoms with E-state index in [9.17, 15) is 9.90 Å². The topological polar surface area (TPSA) is 75.3 Å². The lowest BCUT2D eigenvalue weighted by molar-refractivity contribution is -0.121. The number of phenols is 1. The quantitative estimate of drug-likeness (QED) is 0.556. The average molecular weight is 248 g/mol. The monoisotopic (exact) mass is 248 g/mol. The maximum atomic E-state index is 12.1. The zero-order valence-corrected chi connectivity index (χ0v) is 10.6. The summed E-state index contributed by atoms with van der Waals surface area (Å²) in [6, 6.07) is 4.60. The molecule has 0 saturated heterocycles. The van der Waals surface area contributed by atoms with Gasteiger partial charge in [0.1, 0.15) is 5.75 Å². The predicted molar refractivity (Wildman–Crippen MR) is 72.3 cm³/mol. The number of hydrogen-bond acceptors (Lipinski definition) is 3. The van der Waals surface area contributed by atoms with Gasteiger partial charge in [0.15, 0.2) is 0 Å². The van der Waals surface area contributed by atoms with E-state index in [2.05, 4.69) is 12.2 Å². The first kappa shape index (κ1) is 12.7. The van der Waals surface area contributed by atoms with Crippen molar-refractivity contribution in [1.82, 2.24) is 0 Å². The van der Waals surface area contributed by atoms with Crippen LogP contribution in [-0.2, 0) is 4.79 Å². The number of phenolic OH excluding ortho intramolecular Hbond substituents is 1. The highest BCUT2D eigenvalue weighted by Gasteiger charge is 2.24. The minimum absolute atomic E-state index is 0.0410. The molecule has 1 aromatic carbocycles. The van der Waals surface area contributed by atoms with Crippen LogP contribution in [0.25, 0.3) is 0 Å². The van der Waals surface area contributed by atoms with Gasteiger partial charge in [0.2, 0.25) is 5.91 Å². The number of benzene rings is 1. The summed E-state index contributed by atoms with van der Waals surface area (Å²) in [5.74, 6) is 0.971. The van der Waals surface area contributed by atoms with E-state index >= 15 is 0 Å². The normalized spacial score (nSPS) is 23.6. The molecule has 1 amide bonds. The second kappa shape index (κ2) is 5.29. The molecule has 2 rings (SSSR count). The molecule has 4 nitrogen and oxygen atoms in total. The van der Waals surface area contributed by atoms with Gasteiger partial charge in [-0.3, -0.25) is 4.79 Å². The maximum absolute atomic E-state index is 12.1. The summed E-state index contributed by atoms with van der Waals surface area (Å²) < 4.78 is 0. The number of nitrogen functional groups attached to an aromatic ring is 1. The lowest BCUT2D eigenvalue weighted by Crippen LogP contribution is -2.26. The first-order valence-corrected chi connectivity index (χ1v) is 6.45.